The quantitative estimate of drug-likeness (QED) is 0.117. The molecule has 7 heterocycles. The molecule has 0 saturated heterocycles. The lowest BCUT2D eigenvalue weighted by molar-refractivity contribution is 0.669. The normalized spacial score (nSPS) is 11.7. The molecule has 17 aromatic carbocycles. The Labute approximate surface area is 690 Å². The standard InChI is InChI=1S/C54H32N4OS.C54H32N4S/c1-3-12-36(13-4-1)52-56-53(37-14-5-2-6-15-37)58-54(57-52)38-28-26-35(27-29-38)50-51-49(43-17-8-10-21-47(43)60-51)41-31-30-39(32-44(41)55-50)33-22-24-34(25-23-33)40-18-11-20-46-48(40)42-16-7-9-19-45(42)59-46;1-3-13-34(14-4-1)52-56-53(35-15-5-2-6-16-35)58-54(57-52)36-25-23-33(24-26-36)50-51-49(45-21-11-12-22-48(45)59-51)44-30-28-38(32-47(44)55-50)37-27-29-43-41-19-8-7-17-39(41)40-18-9-10-20-42(40)46(43)31-37/h1-32H;1-32H. The van der Waals surface area contributed by atoms with E-state index in [0.29, 0.717) is 34.9 Å². The Kier molecular flexibility index (Phi) is 16.8. The summed E-state index contributed by atoms with van der Waals surface area (Å²) >= 11 is 3.60. The minimum Gasteiger partial charge on any atom is -0.456 e. The molecule has 0 N–H and O–H groups in total. The summed E-state index contributed by atoms with van der Waals surface area (Å²) in [5, 5.41) is 17.2. The van der Waals surface area contributed by atoms with Gasteiger partial charge in [-0.25, -0.2) is 39.9 Å². The molecule has 119 heavy (non-hydrogen) atoms. The van der Waals surface area contributed by atoms with Crippen LogP contribution in [0.2, 0.25) is 0 Å². The first-order valence-corrected chi connectivity index (χ1v) is 41.4. The van der Waals surface area contributed by atoms with Crippen molar-refractivity contribution in [3.63, 3.8) is 0 Å². The van der Waals surface area contributed by atoms with Crippen molar-refractivity contribution in [3.8, 4) is 124 Å². The molecular weight excluding hydrogens is 1490 g/mol. The Morgan fingerprint density at radius 3 is 0.916 bits per heavy atom. The van der Waals surface area contributed by atoms with Crippen LogP contribution in [0.15, 0.2) is 393 Å². The first kappa shape index (κ1) is 69.1. The lowest BCUT2D eigenvalue weighted by Gasteiger charge is -2.13. The van der Waals surface area contributed by atoms with E-state index >= 15 is 0 Å². The van der Waals surface area contributed by atoms with E-state index in [0.717, 1.165) is 127 Å². The Hall–Kier alpha value is -15.4. The van der Waals surface area contributed by atoms with E-state index in [1.54, 1.807) is 22.7 Å². The fourth-order valence-electron chi connectivity index (χ4n) is 17.1. The van der Waals surface area contributed by atoms with Crippen LogP contribution in [0.5, 0.6) is 0 Å². The van der Waals surface area contributed by atoms with Crippen molar-refractivity contribution >= 4 is 139 Å². The number of para-hydroxylation sites is 1. The fourth-order valence-corrected chi connectivity index (χ4v) is 19.6. The van der Waals surface area contributed by atoms with Gasteiger partial charge in [-0.3, -0.25) is 0 Å². The number of furan rings is 1. The van der Waals surface area contributed by atoms with E-state index < -0.39 is 0 Å². The van der Waals surface area contributed by atoms with Crippen molar-refractivity contribution in [3.05, 3.63) is 388 Å². The topological polar surface area (TPSA) is 116 Å². The van der Waals surface area contributed by atoms with E-state index in [1.165, 1.54) is 78.2 Å². The Bertz CT molecular complexity index is 7990. The number of hydrogen-bond donors (Lipinski definition) is 0. The summed E-state index contributed by atoms with van der Waals surface area (Å²) in [5.74, 6) is 3.82. The molecule has 0 atom stereocenters. The second-order valence-corrected chi connectivity index (χ2v) is 32.0. The van der Waals surface area contributed by atoms with Crippen LogP contribution in [0.25, 0.3) is 241 Å². The zero-order valence-corrected chi connectivity index (χ0v) is 65.4. The van der Waals surface area contributed by atoms with Crippen molar-refractivity contribution in [1.29, 1.82) is 0 Å². The molecule has 24 rings (SSSR count). The van der Waals surface area contributed by atoms with E-state index in [4.69, 9.17) is 44.3 Å². The van der Waals surface area contributed by atoms with E-state index in [-0.39, 0.29) is 0 Å². The third-order valence-corrected chi connectivity index (χ3v) is 25.2. The summed E-state index contributed by atoms with van der Waals surface area (Å²) < 4.78 is 11.0. The SMILES string of the molecule is c1ccc(-c2nc(-c3ccccc3)nc(-c3ccc(-c4nc5cc(-c6ccc(-c7cccc8oc9ccccc9c78)cc6)ccc5c5c4sc4ccccc45)cc3)n2)cc1.c1ccc(-c2nc(-c3ccccc3)nc(-c3ccc(-c4nc5cc(-c6ccc7c8ccccc8c8ccccc8c7c6)ccc5c5c4sc4ccccc45)cc3)n2)cc1. The van der Waals surface area contributed by atoms with Crippen LogP contribution in [0, 0.1) is 0 Å². The second kappa shape index (κ2) is 28.8. The molecule has 0 aliphatic carbocycles. The summed E-state index contributed by atoms with van der Waals surface area (Å²) in [6.07, 6.45) is 0. The van der Waals surface area contributed by atoms with Crippen LogP contribution in [0.1, 0.15) is 0 Å². The maximum atomic E-state index is 6.19. The van der Waals surface area contributed by atoms with Gasteiger partial charge in [0.05, 0.1) is 31.8 Å². The highest BCUT2D eigenvalue weighted by atomic mass is 32.1. The zero-order chi connectivity index (χ0) is 78.4. The molecule has 11 heteroatoms. The monoisotopic (exact) mass is 1550 g/mol. The van der Waals surface area contributed by atoms with Gasteiger partial charge in [0.1, 0.15) is 11.2 Å². The highest BCUT2D eigenvalue weighted by molar-refractivity contribution is 7.27. The minimum absolute atomic E-state index is 0.623. The number of hydrogen-bond acceptors (Lipinski definition) is 11. The van der Waals surface area contributed by atoms with E-state index in [9.17, 15) is 0 Å². The maximum absolute atomic E-state index is 6.19. The number of aromatic nitrogens is 8. The predicted molar refractivity (Wildman–Crippen MR) is 496 cm³/mol. The molecule has 0 unspecified atom stereocenters. The maximum Gasteiger partial charge on any atom is 0.164 e. The van der Waals surface area contributed by atoms with Gasteiger partial charge >= 0.3 is 0 Å². The van der Waals surface area contributed by atoms with Gasteiger partial charge in [-0.2, -0.15) is 0 Å². The third-order valence-electron chi connectivity index (χ3n) is 22.9. The molecule has 24 aromatic rings. The van der Waals surface area contributed by atoms with Crippen molar-refractivity contribution in [2.45, 2.75) is 0 Å². The van der Waals surface area contributed by atoms with Crippen LogP contribution < -0.4 is 0 Å². The highest BCUT2D eigenvalue weighted by Crippen LogP contribution is 2.48. The van der Waals surface area contributed by atoms with Crippen molar-refractivity contribution in [2.75, 3.05) is 0 Å². The first-order valence-electron chi connectivity index (χ1n) is 39.8. The molecule has 0 aliphatic rings. The smallest absolute Gasteiger partial charge is 0.164 e. The van der Waals surface area contributed by atoms with Crippen LogP contribution in [0.3, 0.4) is 0 Å². The lowest BCUT2D eigenvalue weighted by Crippen LogP contribution is -2.00. The molecule has 0 amide bonds. The number of nitrogens with zero attached hydrogens (tertiary/aromatic N) is 8. The second-order valence-electron chi connectivity index (χ2n) is 29.9. The Morgan fingerprint density at radius 1 is 0.176 bits per heavy atom. The van der Waals surface area contributed by atoms with Crippen molar-refractivity contribution in [1.82, 2.24) is 39.9 Å². The number of fused-ring (bicyclic) bond motifs is 19. The molecule has 0 fully saturated rings. The highest BCUT2D eigenvalue weighted by Gasteiger charge is 2.23. The number of benzene rings is 17. The minimum atomic E-state index is 0.623. The molecule has 0 aliphatic heterocycles. The van der Waals surface area contributed by atoms with Gasteiger partial charge in [0.15, 0.2) is 34.9 Å². The van der Waals surface area contributed by atoms with Crippen molar-refractivity contribution < 1.29 is 4.42 Å². The van der Waals surface area contributed by atoms with Gasteiger partial charge < -0.3 is 4.42 Å². The first-order chi connectivity index (χ1) is 58.9. The van der Waals surface area contributed by atoms with Crippen LogP contribution in [0.4, 0.5) is 0 Å². The van der Waals surface area contributed by atoms with Gasteiger partial charge in [0, 0.05) is 97.0 Å². The van der Waals surface area contributed by atoms with Crippen LogP contribution in [-0.4, -0.2) is 39.9 Å². The summed E-state index contributed by atoms with van der Waals surface area (Å²) in [4.78, 5) is 40.6. The average Bonchev–Trinajstić information content (AvgIpc) is 1.71. The molecule has 0 spiro atoms. The fraction of sp³-hybridized carbons (Fsp3) is 0. The number of pyridine rings is 2. The van der Waals surface area contributed by atoms with Gasteiger partial charge in [0.25, 0.3) is 0 Å². The van der Waals surface area contributed by atoms with Crippen LogP contribution in [-0.2, 0) is 0 Å². The zero-order valence-electron chi connectivity index (χ0n) is 63.8. The third kappa shape index (κ3) is 12.3. The Morgan fingerprint density at radius 2 is 0.479 bits per heavy atom. The number of thiophene rings is 2. The summed E-state index contributed by atoms with van der Waals surface area (Å²) in [5.41, 5.74) is 20.2. The molecular formula is C108H64N8OS2. The summed E-state index contributed by atoms with van der Waals surface area (Å²) in [7, 11) is 0. The molecule has 0 radical (unpaired) electrons. The van der Waals surface area contributed by atoms with E-state index in [1.807, 2.05) is 140 Å². The lowest BCUT2D eigenvalue weighted by atomic mass is 9.92. The van der Waals surface area contributed by atoms with Gasteiger partial charge in [-0.15, -0.1) is 22.7 Å². The molecule has 9 nitrogen and oxygen atoms in total. The largest absolute Gasteiger partial charge is 0.456 e. The predicted octanol–water partition coefficient (Wildman–Crippen LogP) is 29.3. The average molecular weight is 1550 g/mol. The van der Waals surface area contributed by atoms with Gasteiger partial charge in [-0.1, -0.05) is 346 Å². The van der Waals surface area contributed by atoms with Gasteiger partial charge in [0.2, 0.25) is 0 Å². The van der Waals surface area contributed by atoms with Crippen LogP contribution >= 0.6 is 22.7 Å². The molecule has 0 bridgehead atoms. The number of rotatable bonds is 11. The Balaban J connectivity index is 0.000000139. The molecule has 554 valence electrons. The summed E-state index contributed by atoms with van der Waals surface area (Å²) in [6.45, 7) is 0. The molecule has 0 saturated carbocycles. The van der Waals surface area contributed by atoms with E-state index in [2.05, 4.69) is 249 Å². The molecule has 7 aromatic heterocycles. The van der Waals surface area contributed by atoms with Gasteiger partial charge in [-0.05, 0) is 108 Å². The summed E-state index contributed by atoms with van der Waals surface area (Å²) in [6, 6.07) is 136. The van der Waals surface area contributed by atoms with Crippen molar-refractivity contribution in [2.24, 2.45) is 0 Å².